The molecular weight excluding hydrogens is 358 g/mol. The molecule has 4 aromatic rings. The molecule has 0 aliphatic rings. The van der Waals surface area contributed by atoms with Crippen LogP contribution in [0.4, 0.5) is 0 Å². The smallest absolute Gasteiger partial charge is 0.303 e. The third-order valence-electron chi connectivity index (χ3n) is 4.60. The van der Waals surface area contributed by atoms with Gasteiger partial charge in [0.1, 0.15) is 11.3 Å². The lowest BCUT2D eigenvalue weighted by Crippen LogP contribution is -2.31. The van der Waals surface area contributed by atoms with Crippen molar-refractivity contribution in [1.29, 1.82) is 0 Å². The first-order valence-corrected chi connectivity index (χ1v) is 8.93. The standard InChI is InChI=1S/C20H19N5O3/c26-19(7-8-20(27)28)23(13-15-11-21-17-5-1-3-9-24(15)17)14-16-12-22-18-6-2-4-10-25(16)18/h1-6,9-12H,7-8,13-14H2,(H,27,28). The highest BCUT2D eigenvalue weighted by Gasteiger charge is 2.19. The molecular formula is C20H19N5O3. The quantitative estimate of drug-likeness (QED) is 0.534. The summed E-state index contributed by atoms with van der Waals surface area (Å²) in [5, 5.41) is 8.94. The molecule has 28 heavy (non-hydrogen) atoms. The summed E-state index contributed by atoms with van der Waals surface area (Å²) in [5.41, 5.74) is 3.30. The van der Waals surface area contributed by atoms with E-state index >= 15 is 0 Å². The molecule has 8 nitrogen and oxygen atoms in total. The third kappa shape index (κ3) is 3.57. The SMILES string of the molecule is O=C(O)CCC(=O)N(Cc1cnc2ccccn12)Cc1cnc2ccccn12. The Labute approximate surface area is 160 Å². The zero-order chi connectivity index (χ0) is 19.5. The normalized spacial score (nSPS) is 11.1. The number of hydrogen-bond donors (Lipinski definition) is 1. The van der Waals surface area contributed by atoms with Crippen LogP contribution in [0.3, 0.4) is 0 Å². The van der Waals surface area contributed by atoms with E-state index in [1.807, 2.05) is 57.6 Å². The number of pyridine rings is 2. The number of aliphatic carboxylic acids is 1. The van der Waals surface area contributed by atoms with Gasteiger partial charge in [0, 0.05) is 18.8 Å². The summed E-state index contributed by atoms with van der Waals surface area (Å²) in [7, 11) is 0. The maximum absolute atomic E-state index is 12.8. The number of nitrogens with zero attached hydrogens (tertiary/aromatic N) is 5. The Bertz CT molecular complexity index is 1070. The first kappa shape index (κ1) is 17.7. The van der Waals surface area contributed by atoms with Gasteiger partial charge in [-0.25, -0.2) is 9.97 Å². The van der Waals surface area contributed by atoms with E-state index in [2.05, 4.69) is 9.97 Å². The second-order valence-electron chi connectivity index (χ2n) is 6.50. The molecule has 1 N–H and O–H groups in total. The van der Waals surface area contributed by atoms with Crippen LogP contribution in [0.2, 0.25) is 0 Å². The predicted molar refractivity (Wildman–Crippen MR) is 102 cm³/mol. The lowest BCUT2D eigenvalue weighted by molar-refractivity contribution is -0.141. The van der Waals surface area contributed by atoms with Crippen molar-refractivity contribution in [3.05, 3.63) is 72.6 Å². The zero-order valence-corrected chi connectivity index (χ0v) is 15.1. The Hall–Kier alpha value is -3.68. The number of carbonyl (C=O) groups excluding carboxylic acids is 1. The van der Waals surface area contributed by atoms with E-state index in [-0.39, 0.29) is 18.7 Å². The van der Waals surface area contributed by atoms with Crippen molar-refractivity contribution in [2.24, 2.45) is 0 Å². The zero-order valence-electron chi connectivity index (χ0n) is 15.1. The van der Waals surface area contributed by atoms with Gasteiger partial charge in [0.15, 0.2) is 0 Å². The number of carboxylic acid groups (broad SMARTS) is 1. The van der Waals surface area contributed by atoms with Crippen molar-refractivity contribution in [2.75, 3.05) is 0 Å². The molecule has 0 bridgehead atoms. The average Bonchev–Trinajstić information content (AvgIpc) is 3.30. The maximum Gasteiger partial charge on any atom is 0.303 e. The minimum Gasteiger partial charge on any atom is -0.481 e. The highest BCUT2D eigenvalue weighted by molar-refractivity contribution is 5.80. The van der Waals surface area contributed by atoms with Crippen LogP contribution in [0.25, 0.3) is 11.3 Å². The molecule has 142 valence electrons. The summed E-state index contributed by atoms with van der Waals surface area (Å²) in [5.74, 6) is -1.21. The highest BCUT2D eigenvalue weighted by atomic mass is 16.4. The molecule has 4 rings (SSSR count). The van der Waals surface area contributed by atoms with Crippen molar-refractivity contribution in [3.63, 3.8) is 0 Å². The maximum atomic E-state index is 12.8. The molecule has 0 saturated heterocycles. The van der Waals surface area contributed by atoms with Gasteiger partial charge in [0.05, 0.1) is 43.3 Å². The molecule has 0 saturated carbocycles. The fourth-order valence-corrected chi connectivity index (χ4v) is 3.20. The van der Waals surface area contributed by atoms with Gasteiger partial charge in [-0.15, -0.1) is 0 Å². The molecule has 4 aromatic heterocycles. The average molecular weight is 377 g/mol. The van der Waals surface area contributed by atoms with Crippen molar-refractivity contribution >= 4 is 23.2 Å². The van der Waals surface area contributed by atoms with Crippen LogP contribution in [0.15, 0.2) is 61.2 Å². The first-order chi connectivity index (χ1) is 13.6. The molecule has 0 spiro atoms. The van der Waals surface area contributed by atoms with Gasteiger partial charge in [0.25, 0.3) is 0 Å². The largest absolute Gasteiger partial charge is 0.481 e. The molecule has 1 amide bonds. The van der Waals surface area contributed by atoms with Crippen molar-refractivity contribution in [1.82, 2.24) is 23.7 Å². The number of rotatable bonds is 7. The number of amides is 1. The number of carbonyl (C=O) groups is 2. The van der Waals surface area contributed by atoms with Gasteiger partial charge < -0.3 is 18.8 Å². The number of carboxylic acids is 1. The molecule has 0 atom stereocenters. The lowest BCUT2D eigenvalue weighted by atomic mass is 10.2. The van der Waals surface area contributed by atoms with Crippen molar-refractivity contribution in [2.45, 2.75) is 25.9 Å². The predicted octanol–water partition coefficient (Wildman–Crippen LogP) is 2.38. The molecule has 0 aliphatic carbocycles. The second kappa shape index (κ2) is 7.51. The van der Waals surface area contributed by atoms with E-state index in [9.17, 15) is 9.59 Å². The Morgan fingerprint density at radius 3 is 1.89 bits per heavy atom. The Morgan fingerprint density at radius 1 is 0.857 bits per heavy atom. The van der Waals surface area contributed by atoms with E-state index in [1.165, 1.54) is 0 Å². The topological polar surface area (TPSA) is 92.2 Å². The third-order valence-corrected chi connectivity index (χ3v) is 4.60. The van der Waals surface area contributed by atoms with E-state index in [0.29, 0.717) is 13.1 Å². The molecule has 0 aromatic carbocycles. The number of fused-ring (bicyclic) bond motifs is 2. The van der Waals surface area contributed by atoms with Gasteiger partial charge in [-0.05, 0) is 24.3 Å². The highest BCUT2D eigenvalue weighted by Crippen LogP contribution is 2.15. The summed E-state index contributed by atoms with van der Waals surface area (Å²) in [6.45, 7) is 0.646. The van der Waals surface area contributed by atoms with Gasteiger partial charge in [-0.2, -0.15) is 0 Å². The fourth-order valence-electron chi connectivity index (χ4n) is 3.20. The lowest BCUT2D eigenvalue weighted by Gasteiger charge is -2.22. The Morgan fingerprint density at radius 2 is 1.39 bits per heavy atom. The van der Waals surface area contributed by atoms with Crippen LogP contribution in [0.5, 0.6) is 0 Å². The number of aromatic nitrogens is 4. The fraction of sp³-hybridized carbons (Fsp3) is 0.200. The minimum atomic E-state index is -0.988. The van der Waals surface area contributed by atoms with Crippen molar-refractivity contribution in [3.8, 4) is 0 Å². The van der Waals surface area contributed by atoms with Gasteiger partial charge in [0.2, 0.25) is 5.91 Å². The summed E-state index contributed by atoms with van der Waals surface area (Å²) in [4.78, 5) is 34.1. The molecule has 0 fully saturated rings. The van der Waals surface area contributed by atoms with E-state index in [4.69, 9.17) is 5.11 Å². The minimum absolute atomic E-state index is 0.0528. The van der Waals surface area contributed by atoms with E-state index < -0.39 is 5.97 Å². The van der Waals surface area contributed by atoms with Crippen LogP contribution >= 0.6 is 0 Å². The van der Waals surface area contributed by atoms with Crippen LogP contribution in [-0.2, 0) is 22.7 Å². The summed E-state index contributed by atoms with van der Waals surface area (Å²) in [6.07, 6.45) is 7.01. The molecule has 4 heterocycles. The van der Waals surface area contributed by atoms with Gasteiger partial charge in [-0.1, -0.05) is 12.1 Å². The van der Waals surface area contributed by atoms with Crippen LogP contribution in [-0.4, -0.2) is 40.7 Å². The monoisotopic (exact) mass is 377 g/mol. The number of hydrogen-bond acceptors (Lipinski definition) is 4. The van der Waals surface area contributed by atoms with Gasteiger partial charge >= 0.3 is 5.97 Å². The summed E-state index contributed by atoms with van der Waals surface area (Å²) in [6, 6.07) is 11.4. The van der Waals surface area contributed by atoms with Crippen LogP contribution < -0.4 is 0 Å². The van der Waals surface area contributed by atoms with E-state index in [1.54, 1.807) is 17.3 Å². The molecule has 0 radical (unpaired) electrons. The van der Waals surface area contributed by atoms with Crippen molar-refractivity contribution < 1.29 is 14.7 Å². The number of imidazole rings is 2. The summed E-state index contributed by atoms with van der Waals surface area (Å²) >= 11 is 0. The van der Waals surface area contributed by atoms with Crippen LogP contribution in [0.1, 0.15) is 24.2 Å². The van der Waals surface area contributed by atoms with Crippen LogP contribution in [0, 0.1) is 0 Å². The molecule has 0 unspecified atom stereocenters. The Kier molecular flexibility index (Phi) is 4.76. The molecule has 0 aliphatic heterocycles. The molecule has 8 heteroatoms. The summed E-state index contributed by atoms with van der Waals surface area (Å²) < 4.78 is 3.85. The van der Waals surface area contributed by atoms with E-state index in [0.717, 1.165) is 22.7 Å². The second-order valence-corrected chi connectivity index (χ2v) is 6.50. The van der Waals surface area contributed by atoms with Gasteiger partial charge in [-0.3, -0.25) is 9.59 Å². The Balaban J connectivity index is 1.63. The first-order valence-electron chi connectivity index (χ1n) is 8.93.